The number of phosphoric ester groups is 1. The van der Waals surface area contributed by atoms with Crippen LogP contribution in [0.5, 0.6) is 0 Å². The number of likely N-dealkylation sites (N-methyl/N-ethyl adjacent to an activating group) is 1. The van der Waals surface area contributed by atoms with Crippen molar-refractivity contribution in [1.82, 2.24) is 5.32 Å². The largest absolute Gasteiger partial charge is 0.756 e. The molecule has 0 bridgehead atoms. The lowest BCUT2D eigenvalue weighted by Gasteiger charge is -2.30. The molecule has 3 unspecified atom stereocenters. The highest BCUT2D eigenvalue weighted by atomic mass is 31.2. The number of phosphoric acid groups is 1. The zero-order valence-corrected chi connectivity index (χ0v) is 57.7. The van der Waals surface area contributed by atoms with E-state index in [-0.39, 0.29) is 31.5 Å². The number of nitrogens with one attached hydrogen (secondary N) is 1. The molecule has 0 saturated carbocycles. The summed E-state index contributed by atoms with van der Waals surface area (Å²) in [6.45, 7) is 6.83. The second-order valence-corrected chi connectivity index (χ2v) is 27.1. The van der Waals surface area contributed by atoms with Gasteiger partial charge in [0.05, 0.1) is 33.8 Å². The van der Waals surface area contributed by atoms with Gasteiger partial charge in [-0.25, -0.2) is 0 Å². The van der Waals surface area contributed by atoms with E-state index in [0.717, 1.165) is 77.0 Å². The maximum Gasteiger partial charge on any atom is 0.306 e. The van der Waals surface area contributed by atoms with Crippen LogP contribution in [0.15, 0.2) is 72.9 Å². The third-order valence-corrected chi connectivity index (χ3v) is 17.1. The molecular weight excluding hydrogens is 1070 g/mol. The number of rotatable bonds is 66. The summed E-state index contributed by atoms with van der Waals surface area (Å²) in [6.07, 6.45) is 84.4. The van der Waals surface area contributed by atoms with Crippen molar-refractivity contribution < 1.29 is 37.3 Å². The van der Waals surface area contributed by atoms with Gasteiger partial charge in [0.25, 0.3) is 7.82 Å². The quantitative estimate of drug-likeness (QED) is 0.0212. The molecule has 1 N–H and O–H groups in total. The predicted molar refractivity (Wildman–Crippen MR) is 367 cm³/mol. The Balaban J connectivity index is 5.08. The number of allylic oxidation sites excluding steroid dienone is 11. The number of hydrogen-bond acceptors (Lipinski definition) is 7. The van der Waals surface area contributed by atoms with Crippen molar-refractivity contribution >= 4 is 19.7 Å². The zero-order chi connectivity index (χ0) is 62.1. The van der Waals surface area contributed by atoms with Crippen molar-refractivity contribution in [1.29, 1.82) is 0 Å². The molecule has 0 aromatic carbocycles. The second kappa shape index (κ2) is 64.4. The molecule has 0 spiro atoms. The molecule has 0 aromatic heterocycles. The number of unbranched alkanes of at least 4 members (excludes halogenated alkanes) is 40. The summed E-state index contributed by atoms with van der Waals surface area (Å²) < 4.78 is 30.5. The molecule has 3 atom stereocenters. The lowest BCUT2D eigenvalue weighted by molar-refractivity contribution is -0.870. The Bertz CT molecular complexity index is 1680. The van der Waals surface area contributed by atoms with Gasteiger partial charge in [-0.2, -0.15) is 0 Å². The van der Waals surface area contributed by atoms with E-state index < -0.39 is 20.0 Å². The lowest BCUT2D eigenvalue weighted by Crippen LogP contribution is -2.47. The molecule has 496 valence electrons. The highest BCUT2D eigenvalue weighted by Crippen LogP contribution is 2.38. The van der Waals surface area contributed by atoms with E-state index in [1.165, 1.54) is 231 Å². The SMILES string of the molecule is CCCCC/C=C\C/C=C\C/C=C\CCCCCCCCCCCCCCC(=O)OC(/C=C/CCCCCCCCCCCCC)C(COP(=O)([O-])OCC[N+](C)(C)C)NC(=O)CCCCCCCCCCCCC/C=C\C/C=C\CCCCC. The molecule has 0 fully saturated rings. The van der Waals surface area contributed by atoms with Gasteiger partial charge in [0, 0.05) is 12.8 Å². The van der Waals surface area contributed by atoms with Crippen LogP contribution in [0, 0.1) is 0 Å². The maximum absolute atomic E-state index is 13.6. The minimum absolute atomic E-state index is 0.0238. The molecule has 10 heteroatoms. The molecule has 0 aliphatic heterocycles. The second-order valence-electron chi connectivity index (χ2n) is 25.7. The predicted octanol–water partition coefficient (Wildman–Crippen LogP) is 22.5. The topological polar surface area (TPSA) is 114 Å². The molecular formula is C75H139N2O7P. The van der Waals surface area contributed by atoms with Gasteiger partial charge in [0.1, 0.15) is 19.3 Å². The number of esters is 1. The Kier molecular flexibility index (Phi) is 62.5. The highest BCUT2D eigenvalue weighted by Gasteiger charge is 2.27. The summed E-state index contributed by atoms with van der Waals surface area (Å²) in [5, 5.41) is 3.05. The van der Waals surface area contributed by atoms with Crippen LogP contribution in [0.3, 0.4) is 0 Å². The summed E-state index contributed by atoms with van der Waals surface area (Å²) in [7, 11) is 1.19. The van der Waals surface area contributed by atoms with Crippen LogP contribution >= 0.6 is 7.82 Å². The first kappa shape index (κ1) is 82.5. The number of hydrogen-bond donors (Lipinski definition) is 1. The van der Waals surface area contributed by atoms with Gasteiger partial charge in [-0.3, -0.25) is 14.2 Å². The number of amides is 1. The van der Waals surface area contributed by atoms with Crippen molar-refractivity contribution in [3.8, 4) is 0 Å². The number of quaternary nitrogens is 1. The molecule has 9 nitrogen and oxygen atoms in total. The van der Waals surface area contributed by atoms with Gasteiger partial charge < -0.3 is 28.5 Å². The fourth-order valence-electron chi connectivity index (χ4n) is 10.5. The van der Waals surface area contributed by atoms with Gasteiger partial charge in [-0.1, -0.05) is 299 Å². The molecule has 0 heterocycles. The van der Waals surface area contributed by atoms with Gasteiger partial charge in [-0.05, 0) is 102 Å². The number of ether oxygens (including phenoxy) is 1. The van der Waals surface area contributed by atoms with Crippen LogP contribution in [0.1, 0.15) is 342 Å². The van der Waals surface area contributed by atoms with E-state index in [2.05, 4.69) is 86.8 Å². The summed E-state index contributed by atoms with van der Waals surface area (Å²) >= 11 is 0. The number of carbonyl (C=O) groups is 2. The van der Waals surface area contributed by atoms with E-state index in [1.807, 2.05) is 33.3 Å². The normalized spacial score (nSPS) is 13.9. The molecule has 0 aliphatic rings. The lowest BCUT2D eigenvalue weighted by atomic mass is 10.0. The van der Waals surface area contributed by atoms with Gasteiger partial charge in [-0.15, -0.1) is 0 Å². The zero-order valence-electron chi connectivity index (χ0n) is 56.8. The Morgan fingerprint density at radius 2 is 0.718 bits per heavy atom. The van der Waals surface area contributed by atoms with Crippen LogP contribution in [0.25, 0.3) is 0 Å². The molecule has 0 saturated heterocycles. The smallest absolute Gasteiger partial charge is 0.306 e. The molecule has 0 aromatic rings. The van der Waals surface area contributed by atoms with Crippen molar-refractivity contribution in [2.75, 3.05) is 40.9 Å². The van der Waals surface area contributed by atoms with Crippen LogP contribution in [-0.4, -0.2) is 69.4 Å². The monoisotopic (exact) mass is 1210 g/mol. The summed E-state index contributed by atoms with van der Waals surface area (Å²) in [4.78, 5) is 40.2. The number of carbonyl (C=O) groups excluding carboxylic acids is 2. The van der Waals surface area contributed by atoms with Crippen LogP contribution in [0.4, 0.5) is 0 Å². The Labute approximate surface area is 527 Å². The first-order valence-electron chi connectivity index (χ1n) is 36.2. The maximum atomic E-state index is 13.6. The standard InChI is InChI=1S/C75H139N2O7P/c1-7-10-13-16-19-22-25-28-30-32-34-36-37-38-39-41-43-45-47-50-53-56-59-62-65-68-75(79)84-73(66-63-60-57-54-51-48-27-24-21-18-15-12-9-3)72(71-83-85(80,81)82-70-69-77(4,5)6)76-74(78)67-64-61-58-55-52-49-46-44-42-40-35-33-31-29-26-23-20-17-14-11-8-2/h19-20,22-23,28-31,34,36,63,66,72-73H,7-18,21,24-27,32-33,35,37-62,64-65,67-71H2,1-6H3,(H-,76,78,80,81)/b22-19-,23-20-,30-28-,31-29-,36-34-,66-63+. The molecule has 0 aliphatic carbocycles. The van der Waals surface area contributed by atoms with E-state index >= 15 is 0 Å². The molecule has 1 amide bonds. The van der Waals surface area contributed by atoms with E-state index in [1.54, 1.807) is 0 Å². The third kappa shape index (κ3) is 65.7. The minimum Gasteiger partial charge on any atom is -0.756 e. The molecule has 0 rings (SSSR count). The van der Waals surface area contributed by atoms with E-state index in [4.69, 9.17) is 13.8 Å². The van der Waals surface area contributed by atoms with E-state index in [0.29, 0.717) is 17.4 Å². The Hall–Kier alpha value is -2.55. The summed E-state index contributed by atoms with van der Waals surface area (Å²) in [5.74, 6) is -0.534. The average Bonchev–Trinajstić information content (AvgIpc) is 3.48. The molecule has 0 radical (unpaired) electrons. The number of nitrogens with zero attached hydrogens (tertiary/aromatic N) is 1. The first-order chi connectivity index (χ1) is 41.4. The Morgan fingerprint density at radius 3 is 1.09 bits per heavy atom. The third-order valence-electron chi connectivity index (χ3n) is 16.1. The average molecular weight is 1210 g/mol. The highest BCUT2D eigenvalue weighted by molar-refractivity contribution is 7.45. The first-order valence-corrected chi connectivity index (χ1v) is 37.7. The van der Waals surface area contributed by atoms with Crippen molar-refractivity contribution in [3.05, 3.63) is 72.9 Å². The van der Waals surface area contributed by atoms with Gasteiger partial charge >= 0.3 is 5.97 Å². The van der Waals surface area contributed by atoms with Gasteiger partial charge in [0.15, 0.2) is 0 Å². The van der Waals surface area contributed by atoms with Crippen LogP contribution in [-0.2, 0) is 27.9 Å². The Morgan fingerprint density at radius 1 is 0.412 bits per heavy atom. The minimum atomic E-state index is -4.71. The molecule has 85 heavy (non-hydrogen) atoms. The van der Waals surface area contributed by atoms with E-state index in [9.17, 15) is 19.0 Å². The van der Waals surface area contributed by atoms with Crippen LogP contribution < -0.4 is 10.2 Å². The summed E-state index contributed by atoms with van der Waals surface area (Å²) in [5.41, 5.74) is 0. The fourth-order valence-corrected chi connectivity index (χ4v) is 11.2. The van der Waals surface area contributed by atoms with Gasteiger partial charge in [0.2, 0.25) is 5.91 Å². The fraction of sp³-hybridized carbons (Fsp3) is 0.813. The summed E-state index contributed by atoms with van der Waals surface area (Å²) in [6, 6.07) is -0.893. The van der Waals surface area contributed by atoms with Crippen LogP contribution in [0.2, 0.25) is 0 Å². The van der Waals surface area contributed by atoms with Crippen molar-refractivity contribution in [3.63, 3.8) is 0 Å². The van der Waals surface area contributed by atoms with Crippen molar-refractivity contribution in [2.45, 2.75) is 354 Å². The van der Waals surface area contributed by atoms with Crippen molar-refractivity contribution in [2.24, 2.45) is 0 Å².